The number of hydrogen-bond acceptors (Lipinski definition) is 5. The minimum atomic E-state index is -0.473. The predicted octanol–water partition coefficient (Wildman–Crippen LogP) is 0.624. The van der Waals surface area contributed by atoms with Crippen LogP contribution in [0.5, 0.6) is 0 Å². The zero-order valence-corrected chi connectivity index (χ0v) is 11.2. The summed E-state index contributed by atoms with van der Waals surface area (Å²) in [6.45, 7) is 0.955. The van der Waals surface area contributed by atoms with Crippen LogP contribution in [0.25, 0.3) is 0 Å². The number of nitro benzene ring substituents is 1. The molecule has 0 aromatic heterocycles. The van der Waals surface area contributed by atoms with E-state index in [1.165, 1.54) is 12.1 Å². The molecule has 1 aromatic carbocycles. The fourth-order valence-corrected chi connectivity index (χ4v) is 2.42. The largest absolute Gasteiger partial charge is 0.395 e. The summed E-state index contributed by atoms with van der Waals surface area (Å²) in [6.07, 6.45) is 0.651. The summed E-state index contributed by atoms with van der Waals surface area (Å²) < 4.78 is 0. The molecular formula is C13H17N3O4. The van der Waals surface area contributed by atoms with Crippen molar-refractivity contribution in [3.8, 4) is 0 Å². The molecule has 20 heavy (non-hydrogen) atoms. The van der Waals surface area contributed by atoms with Gasteiger partial charge in [-0.05, 0) is 19.5 Å². The molecule has 7 nitrogen and oxygen atoms in total. The van der Waals surface area contributed by atoms with Gasteiger partial charge in [0.25, 0.3) is 5.69 Å². The maximum atomic E-state index is 12.3. The van der Waals surface area contributed by atoms with Crippen molar-refractivity contribution in [3.05, 3.63) is 34.4 Å². The standard InChI is InChI=1S/C13H17N3O4/c1-14(7-8-17)12-5-6-15(13(12)18)10-3-2-4-11(9-10)16(19)20/h2-4,9,12,17H,5-8H2,1H3. The molecule has 1 N–H and O–H groups in total. The number of carbonyl (C=O) groups excluding carboxylic acids is 1. The Kier molecular flexibility index (Phi) is 4.31. The highest BCUT2D eigenvalue weighted by molar-refractivity contribution is 5.99. The van der Waals surface area contributed by atoms with Crippen LogP contribution in [-0.4, -0.2) is 53.6 Å². The first-order chi connectivity index (χ1) is 9.54. The lowest BCUT2D eigenvalue weighted by atomic mass is 10.2. The third kappa shape index (κ3) is 2.78. The summed E-state index contributed by atoms with van der Waals surface area (Å²) in [7, 11) is 1.79. The van der Waals surface area contributed by atoms with Crippen LogP contribution in [-0.2, 0) is 4.79 Å². The second kappa shape index (κ2) is 5.98. The molecule has 1 aromatic rings. The second-order valence-corrected chi connectivity index (χ2v) is 4.78. The van der Waals surface area contributed by atoms with Crippen molar-refractivity contribution in [2.45, 2.75) is 12.5 Å². The van der Waals surface area contributed by atoms with Crippen molar-refractivity contribution in [1.29, 1.82) is 0 Å². The van der Waals surface area contributed by atoms with E-state index in [2.05, 4.69) is 0 Å². The molecule has 0 bridgehead atoms. The van der Waals surface area contributed by atoms with Gasteiger partial charge in [0.15, 0.2) is 0 Å². The number of rotatable bonds is 5. The highest BCUT2D eigenvalue weighted by atomic mass is 16.6. The highest BCUT2D eigenvalue weighted by Gasteiger charge is 2.35. The number of nitrogens with zero attached hydrogens (tertiary/aromatic N) is 3. The molecule has 1 amide bonds. The number of aliphatic hydroxyl groups excluding tert-OH is 1. The fourth-order valence-electron chi connectivity index (χ4n) is 2.42. The van der Waals surface area contributed by atoms with Gasteiger partial charge in [-0.3, -0.25) is 19.8 Å². The zero-order valence-electron chi connectivity index (χ0n) is 11.2. The van der Waals surface area contributed by atoms with Crippen molar-refractivity contribution in [2.24, 2.45) is 0 Å². The molecule has 1 fully saturated rings. The Hall–Kier alpha value is -1.99. The van der Waals surface area contributed by atoms with Gasteiger partial charge in [0.05, 0.1) is 23.3 Å². The number of aliphatic hydroxyl groups is 1. The van der Waals surface area contributed by atoms with E-state index in [4.69, 9.17) is 5.11 Å². The van der Waals surface area contributed by atoms with E-state index in [-0.39, 0.29) is 24.2 Å². The van der Waals surface area contributed by atoms with Crippen LogP contribution >= 0.6 is 0 Å². The van der Waals surface area contributed by atoms with E-state index in [1.807, 2.05) is 0 Å². The number of nitro groups is 1. The molecule has 1 aliphatic rings. The number of anilines is 1. The lowest BCUT2D eigenvalue weighted by molar-refractivity contribution is -0.384. The minimum absolute atomic E-state index is 0.00289. The summed E-state index contributed by atoms with van der Waals surface area (Å²) in [4.78, 5) is 26.0. The van der Waals surface area contributed by atoms with Crippen LogP contribution in [0.4, 0.5) is 11.4 Å². The number of benzene rings is 1. The van der Waals surface area contributed by atoms with Crippen LogP contribution in [0, 0.1) is 10.1 Å². The smallest absolute Gasteiger partial charge is 0.271 e. The Morgan fingerprint density at radius 3 is 2.95 bits per heavy atom. The molecule has 1 saturated heterocycles. The molecule has 2 rings (SSSR count). The Labute approximate surface area is 116 Å². The average molecular weight is 279 g/mol. The van der Waals surface area contributed by atoms with Crippen molar-refractivity contribution in [2.75, 3.05) is 31.6 Å². The molecule has 0 spiro atoms. The van der Waals surface area contributed by atoms with Crippen LogP contribution in [0.1, 0.15) is 6.42 Å². The summed E-state index contributed by atoms with van der Waals surface area (Å²) in [5, 5.41) is 19.7. The van der Waals surface area contributed by atoms with Crippen LogP contribution in [0.3, 0.4) is 0 Å². The van der Waals surface area contributed by atoms with Crippen molar-refractivity contribution in [3.63, 3.8) is 0 Å². The zero-order chi connectivity index (χ0) is 14.7. The van der Waals surface area contributed by atoms with E-state index in [0.29, 0.717) is 25.2 Å². The number of likely N-dealkylation sites (N-methyl/N-ethyl adjacent to an activating group) is 1. The lowest BCUT2D eigenvalue weighted by Crippen LogP contribution is -2.40. The van der Waals surface area contributed by atoms with Gasteiger partial charge in [0, 0.05) is 25.2 Å². The summed E-state index contributed by atoms with van der Waals surface area (Å²) in [5.41, 5.74) is 0.520. The van der Waals surface area contributed by atoms with Gasteiger partial charge >= 0.3 is 0 Å². The third-order valence-corrected chi connectivity index (χ3v) is 3.51. The number of non-ortho nitro benzene ring substituents is 1. The first kappa shape index (κ1) is 14.4. The molecule has 7 heteroatoms. The Bertz CT molecular complexity index is 520. The van der Waals surface area contributed by atoms with Crippen LogP contribution < -0.4 is 4.90 Å². The van der Waals surface area contributed by atoms with E-state index >= 15 is 0 Å². The number of amides is 1. The minimum Gasteiger partial charge on any atom is -0.395 e. The maximum absolute atomic E-state index is 12.3. The average Bonchev–Trinajstić information content (AvgIpc) is 2.81. The van der Waals surface area contributed by atoms with Crippen LogP contribution in [0.15, 0.2) is 24.3 Å². The molecular weight excluding hydrogens is 262 g/mol. The first-order valence-corrected chi connectivity index (χ1v) is 6.41. The van der Waals surface area contributed by atoms with Gasteiger partial charge in [-0.2, -0.15) is 0 Å². The number of carbonyl (C=O) groups is 1. The molecule has 0 aliphatic carbocycles. The molecule has 1 aliphatic heterocycles. The van der Waals surface area contributed by atoms with Gasteiger partial charge in [-0.1, -0.05) is 6.07 Å². The molecule has 1 atom stereocenters. The predicted molar refractivity (Wildman–Crippen MR) is 73.6 cm³/mol. The monoisotopic (exact) mass is 279 g/mol. The Morgan fingerprint density at radius 1 is 1.55 bits per heavy atom. The van der Waals surface area contributed by atoms with E-state index in [9.17, 15) is 14.9 Å². The first-order valence-electron chi connectivity index (χ1n) is 6.41. The second-order valence-electron chi connectivity index (χ2n) is 4.78. The van der Waals surface area contributed by atoms with Gasteiger partial charge in [0.1, 0.15) is 0 Å². The van der Waals surface area contributed by atoms with E-state index in [1.54, 1.807) is 29.0 Å². The van der Waals surface area contributed by atoms with Gasteiger partial charge in [-0.15, -0.1) is 0 Å². The highest BCUT2D eigenvalue weighted by Crippen LogP contribution is 2.26. The van der Waals surface area contributed by atoms with Gasteiger partial charge in [-0.25, -0.2) is 0 Å². The summed E-state index contributed by atoms with van der Waals surface area (Å²) in [6, 6.07) is 5.80. The molecule has 0 radical (unpaired) electrons. The molecule has 108 valence electrons. The Morgan fingerprint density at radius 2 is 2.30 bits per heavy atom. The topological polar surface area (TPSA) is 86.9 Å². The Balaban J connectivity index is 2.17. The SMILES string of the molecule is CN(CCO)C1CCN(c2cccc([N+](=O)[O-])c2)C1=O. The lowest BCUT2D eigenvalue weighted by Gasteiger charge is -2.22. The normalized spacial score (nSPS) is 18.9. The van der Waals surface area contributed by atoms with Crippen molar-refractivity contribution < 1.29 is 14.8 Å². The van der Waals surface area contributed by atoms with E-state index < -0.39 is 4.92 Å². The van der Waals surface area contributed by atoms with Gasteiger partial charge < -0.3 is 10.0 Å². The van der Waals surface area contributed by atoms with Gasteiger partial charge in [0.2, 0.25) is 5.91 Å². The van der Waals surface area contributed by atoms with Crippen molar-refractivity contribution in [1.82, 2.24) is 4.90 Å². The fraction of sp³-hybridized carbons (Fsp3) is 0.462. The maximum Gasteiger partial charge on any atom is 0.271 e. The summed E-state index contributed by atoms with van der Waals surface area (Å²) >= 11 is 0. The molecule has 0 saturated carbocycles. The quantitative estimate of drug-likeness (QED) is 0.631. The molecule has 1 heterocycles. The van der Waals surface area contributed by atoms with Crippen molar-refractivity contribution >= 4 is 17.3 Å². The van der Waals surface area contributed by atoms with Crippen LogP contribution in [0.2, 0.25) is 0 Å². The number of hydrogen-bond donors (Lipinski definition) is 1. The van der Waals surface area contributed by atoms with E-state index in [0.717, 1.165) is 0 Å². The third-order valence-electron chi connectivity index (χ3n) is 3.51. The molecule has 1 unspecified atom stereocenters. The summed E-state index contributed by atoms with van der Waals surface area (Å²) in [5.74, 6) is -0.0820.